The summed E-state index contributed by atoms with van der Waals surface area (Å²) in [6.07, 6.45) is 3.19. The second-order valence-corrected chi connectivity index (χ2v) is 15.4. The summed E-state index contributed by atoms with van der Waals surface area (Å²) in [5, 5.41) is 3.21. The van der Waals surface area contributed by atoms with E-state index < -0.39 is 21.9 Å². The summed E-state index contributed by atoms with van der Waals surface area (Å²) < 4.78 is 34.2. The smallest absolute Gasteiger partial charge is 0.341 e. The second kappa shape index (κ2) is 10.3. The van der Waals surface area contributed by atoms with Gasteiger partial charge in [-0.05, 0) is 73.3 Å². The number of fused-ring (bicyclic) bond motifs is 3. The highest BCUT2D eigenvalue weighted by Crippen LogP contribution is 2.53. The summed E-state index contributed by atoms with van der Waals surface area (Å²) in [5.41, 5.74) is 1.47. The van der Waals surface area contributed by atoms with Crippen LogP contribution >= 0.6 is 11.3 Å². The van der Waals surface area contributed by atoms with Gasteiger partial charge in [-0.15, -0.1) is 11.3 Å². The minimum Gasteiger partial charge on any atom is -0.462 e. The van der Waals surface area contributed by atoms with Crippen LogP contribution in [0.3, 0.4) is 0 Å². The lowest BCUT2D eigenvalue weighted by Crippen LogP contribution is -2.37. The van der Waals surface area contributed by atoms with E-state index in [0.29, 0.717) is 36.6 Å². The maximum atomic E-state index is 13.6. The number of carbonyl (C=O) groups excluding carboxylic acids is 3. The Bertz CT molecular complexity index is 1460. The summed E-state index contributed by atoms with van der Waals surface area (Å²) in [7, 11) is -3.71. The number of nitrogens with zero attached hydrogens (tertiary/aromatic N) is 2. The van der Waals surface area contributed by atoms with Crippen molar-refractivity contribution in [3.63, 3.8) is 0 Å². The molecule has 0 radical (unpaired) electrons. The molecule has 2 aliphatic heterocycles. The number of esters is 1. The molecule has 3 aliphatic rings. The lowest BCUT2D eigenvalue weighted by molar-refractivity contribution is -0.129. The largest absolute Gasteiger partial charge is 0.462 e. The highest BCUT2D eigenvalue weighted by atomic mass is 32.2. The highest BCUT2D eigenvalue weighted by molar-refractivity contribution is 7.89. The van der Waals surface area contributed by atoms with E-state index in [1.807, 2.05) is 0 Å². The van der Waals surface area contributed by atoms with E-state index in [0.717, 1.165) is 29.7 Å². The lowest BCUT2D eigenvalue weighted by Gasteiger charge is -2.39. The zero-order chi connectivity index (χ0) is 29.0. The van der Waals surface area contributed by atoms with Gasteiger partial charge < -0.3 is 15.0 Å². The predicted octanol–water partition coefficient (Wildman–Crippen LogP) is 4.67. The minimum absolute atomic E-state index is 0.0215. The Balaban J connectivity index is 1.36. The molecule has 5 rings (SSSR count). The molecule has 2 atom stereocenters. The molecule has 1 aromatic carbocycles. The second-order valence-electron chi connectivity index (χ2n) is 12.4. The van der Waals surface area contributed by atoms with Gasteiger partial charge in [0.25, 0.3) is 5.91 Å². The maximum Gasteiger partial charge on any atom is 0.341 e. The minimum atomic E-state index is -3.71. The fraction of sp³-hybridized carbons (Fsp3) is 0.552. The van der Waals surface area contributed by atoms with Crippen molar-refractivity contribution >= 4 is 44.1 Å². The molecule has 2 unspecified atom stereocenters. The molecule has 0 spiro atoms. The third kappa shape index (κ3) is 5.31. The number of thiophene rings is 1. The SMILES string of the molecule is CCOC(=O)c1c(NC(=O)c2ccc(S(=O)(=O)N3CC4(C)CC3CC(C)(C)C4)cc2)sc2c1CCN(C(C)=O)C2. The van der Waals surface area contributed by atoms with Crippen molar-refractivity contribution in [1.82, 2.24) is 9.21 Å². The lowest BCUT2D eigenvalue weighted by atomic mass is 9.65. The molecule has 1 aliphatic carbocycles. The number of anilines is 1. The molecule has 3 heterocycles. The number of sulfonamides is 1. The number of nitrogens with one attached hydrogen (secondary N) is 1. The van der Waals surface area contributed by atoms with Crippen LogP contribution in [-0.4, -0.2) is 61.1 Å². The average Bonchev–Trinajstić information content (AvgIpc) is 3.36. The molecule has 1 saturated heterocycles. The Labute approximate surface area is 239 Å². The number of hydrogen-bond acceptors (Lipinski definition) is 7. The number of ether oxygens (including phenoxy) is 1. The van der Waals surface area contributed by atoms with Gasteiger partial charge in [0.1, 0.15) is 5.00 Å². The first-order valence-electron chi connectivity index (χ1n) is 13.7. The molecule has 11 heteroatoms. The van der Waals surface area contributed by atoms with Crippen molar-refractivity contribution < 1.29 is 27.5 Å². The highest BCUT2D eigenvalue weighted by Gasteiger charge is 2.53. The Morgan fingerprint density at radius 1 is 1.12 bits per heavy atom. The van der Waals surface area contributed by atoms with Crippen LogP contribution in [0.2, 0.25) is 0 Å². The molecule has 40 heavy (non-hydrogen) atoms. The molecule has 2 amide bonds. The standard InChI is InChI=1S/C29H37N3O6S2/c1-6-38-27(35)24-22-11-12-31(18(2)33)15-23(22)39-26(24)30-25(34)19-7-9-21(10-8-19)40(36,37)32-17-29(5)14-20(32)13-28(3,4)16-29/h7-10,20H,6,11-17H2,1-5H3,(H,30,34). The summed E-state index contributed by atoms with van der Waals surface area (Å²) in [6.45, 7) is 11.4. The van der Waals surface area contributed by atoms with Crippen molar-refractivity contribution in [2.24, 2.45) is 10.8 Å². The normalized spacial score (nSPS) is 23.9. The molecule has 1 saturated carbocycles. The topological polar surface area (TPSA) is 113 Å². The van der Waals surface area contributed by atoms with Gasteiger partial charge in [-0.1, -0.05) is 20.8 Å². The number of amides is 2. The Kier molecular flexibility index (Phi) is 7.37. The zero-order valence-electron chi connectivity index (χ0n) is 23.7. The van der Waals surface area contributed by atoms with Crippen LogP contribution in [0.1, 0.15) is 85.0 Å². The van der Waals surface area contributed by atoms with Crippen molar-refractivity contribution in [2.75, 3.05) is 25.0 Å². The van der Waals surface area contributed by atoms with E-state index in [-0.39, 0.29) is 39.8 Å². The molecule has 1 aromatic heterocycles. The molecule has 216 valence electrons. The predicted molar refractivity (Wildman–Crippen MR) is 153 cm³/mol. The van der Waals surface area contributed by atoms with E-state index in [9.17, 15) is 22.8 Å². The fourth-order valence-corrected chi connectivity index (χ4v) is 9.98. The number of hydrogen-bond donors (Lipinski definition) is 1. The molecule has 9 nitrogen and oxygen atoms in total. The zero-order valence-corrected chi connectivity index (χ0v) is 25.3. The fourth-order valence-electron chi connectivity index (χ4n) is 6.96. The molecule has 2 aromatic rings. The van der Waals surface area contributed by atoms with E-state index in [1.165, 1.54) is 42.5 Å². The third-order valence-electron chi connectivity index (χ3n) is 8.30. The van der Waals surface area contributed by atoms with E-state index >= 15 is 0 Å². The van der Waals surface area contributed by atoms with Crippen LogP contribution in [0.5, 0.6) is 0 Å². The van der Waals surface area contributed by atoms with Crippen molar-refractivity contribution in [2.45, 2.75) is 77.8 Å². The summed E-state index contributed by atoms with van der Waals surface area (Å²) in [6, 6.07) is 5.95. The van der Waals surface area contributed by atoms with Crippen LogP contribution < -0.4 is 5.32 Å². The first-order chi connectivity index (χ1) is 18.7. The van der Waals surface area contributed by atoms with Crippen LogP contribution in [-0.2, 0) is 32.5 Å². The number of rotatable bonds is 6. The molecule has 1 N–H and O–H groups in total. The average molecular weight is 588 g/mol. The van der Waals surface area contributed by atoms with Gasteiger partial charge in [0, 0.05) is 36.5 Å². The van der Waals surface area contributed by atoms with Crippen LogP contribution in [0, 0.1) is 10.8 Å². The van der Waals surface area contributed by atoms with Gasteiger partial charge in [-0.25, -0.2) is 13.2 Å². The van der Waals surface area contributed by atoms with Gasteiger partial charge >= 0.3 is 5.97 Å². The van der Waals surface area contributed by atoms with Crippen molar-refractivity contribution in [3.8, 4) is 0 Å². The first kappa shape index (κ1) is 28.8. The summed E-state index contributed by atoms with van der Waals surface area (Å²) >= 11 is 1.26. The van der Waals surface area contributed by atoms with Crippen molar-refractivity contribution in [1.29, 1.82) is 0 Å². The van der Waals surface area contributed by atoms with E-state index in [4.69, 9.17) is 4.74 Å². The number of carbonyl (C=O) groups is 3. The first-order valence-corrected chi connectivity index (χ1v) is 16.0. The van der Waals surface area contributed by atoms with Crippen LogP contribution in [0.4, 0.5) is 5.00 Å². The Hall–Kier alpha value is -2.76. The van der Waals surface area contributed by atoms with Crippen molar-refractivity contribution in [3.05, 3.63) is 45.8 Å². The summed E-state index contributed by atoms with van der Waals surface area (Å²) in [4.78, 5) is 40.7. The molecular weight excluding hydrogens is 550 g/mol. The molecular formula is C29H37N3O6S2. The molecule has 2 fully saturated rings. The Morgan fingerprint density at radius 2 is 1.82 bits per heavy atom. The van der Waals surface area contributed by atoms with Crippen LogP contribution in [0.15, 0.2) is 29.2 Å². The third-order valence-corrected chi connectivity index (χ3v) is 11.3. The quantitative estimate of drug-likeness (QED) is 0.492. The summed E-state index contributed by atoms with van der Waals surface area (Å²) in [5.74, 6) is -1.02. The number of benzene rings is 1. The van der Waals surface area contributed by atoms with Gasteiger partial charge in [0.2, 0.25) is 15.9 Å². The van der Waals surface area contributed by atoms with Gasteiger partial charge in [-0.3, -0.25) is 9.59 Å². The van der Waals surface area contributed by atoms with E-state index in [2.05, 4.69) is 26.1 Å². The maximum absolute atomic E-state index is 13.6. The van der Waals surface area contributed by atoms with Gasteiger partial charge in [-0.2, -0.15) is 4.31 Å². The van der Waals surface area contributed by atoms with Gasteiger partial charge in [0.15, 0.2) is 0 Å². The van der Waals surface area contributed by atoms with E-state index in [1.54, 1.807) is 16.1 Å². The Morgan fingerprint density at radius 3 is 2.48 bits per heavy atom. The van der Waals surface area contributed by atoms with Crippen LogP contribution in [0.25, 0.3) is 0 Å². The van der Waals surface area contributed by atoms with Gasteiger partial charge in [0.05, 0.1) is 23.6 Å². The monoisotopic (exact) mass is 587 g/mol. The molecule has 2 bridgehead atoms.